The molecule has 144 valence electrons. The number of alkyl halides is 3. The van der Waals surface area contributed by atoms with Crippen LogP contribution in [-0.4, -0.2) is 35.0 Å². The molecule has 0 radical (unpaired) electrons. The van der Waals surface area contributed by atoms with Crippen molar-refractivity contribution < 1.29 is 18.3 Å². The zero-order valence-electron chi connectivity index (χ0n) is 14.7. The second-order valence-corrected chi connectivity index (χ2v) is 6.37. The van der Waals surface area contributed by atoms with Crippen molar-refractivity contribution in [2.24, 2.45) is 14.1 Å². The maximum Gasteiger partial charge on any atom is 0.421 e. The fraction of sp³-hybridized carbons (Fsp3) is 0.375. The van der Waals surface area contributed by atoms with Gasteiger partial charge < -0.3 is 9.67 Å². The van der Waals surface area contributed by atoms with E-state index in [-0.39, 0.29) is 23.4 Å². The highest BCUT2D eigenvalue weighted by Gasteiger charge is 2.51. The number of aliphatic hydroxyl groups is 1. The van der Waals surface area contributed by atoms with Gasteiger partial charge in [0, 0.05) is 25.9 Å². The van der Waals surface area contributed by atoms with E-state index in [0.29, 0.717) is 6.92 Å². The second-order valence-electron chi connectivity index (χ2n) is 6.37. The van der Waals surface area contributed by atoms with Gasteiger partial charge in [-0.15, -0.1) is 0 Å². The summed E-state index contributed by atoms with van der Waals surface area (Å²) in [4.78, 5) is 32.9. The van der Waals surface area contributed by atoms with Gasteiger partial charge >= 0.3 is 11.9 Å². The summed E-state index contributed by atoms with van der Waals surface area (Å²) >= 11 is 0. The molecule has 27 heavy (non-hydrogen) atoms. The first-order chi connectivity index (χ1) is 12.4. The Kier molecular flexibility index (Phi) is 4.22. The van der Waals surface area contributed by atoms with Gasteiger partial charge in [0.2, 0.25) is 0 Å². The highest BCUT2D eigenvalue weighted by atomic mass is 19.4. The minimum absolute atomic E-state index is 0.192. The normalized spacial score (nSPS) is 14.5. The molecule has 0 fully saturated rings. The maximum absolute atomic E-state index is 12.9. The summed E-state index contributed by atoms with van der Waals surface area (Å²) in [5.74, 6) is 0. The second kappa shape index (κ2) is 6.05. The number of rotatable bonds is 3. The van der Waals surface area contributed by atoms with Crippen LogP contribution in [0.3, 0.4) is 0 Å². The number of imidazole rings is 1. The standard InChI is InChI=1S/C16H16F3N5O3/c1-15(27,16(17,18)19)9-4-5-10(20-6-9)7-24-13(25)11-12(21-8-22(11)2)23(3)14(24)26/h4-6,8,27H,7H2,1-3H3. The number of nitrogens with zero attached hydrogens (tertiary/aromatic N) is 5. The minimum Gasteiger partial charge on any atom is -0.376 e. The lowest BCUT2D eigenvalue weighted by Crippen LogP contribution is -2.40. The quantitative estimate of drug-likeness (QED) is 0.717. The largest absolute Gasteiger partial charge is 0.421 e. The van der Waals surface area contributed by atoms with Gasteiger partial charge in [0.25, 0.3) is 5.56 Å². The molecule has 1 unspecified atom stereocenters. The molecule has 3 rings (SSSR count). The van der Waals surface area contributed by atoms with E-state index in [1.54, 1.807) is 7.05 Å². The highest BCUT2D eigenvalue weighted by Crippen LogP contribution is 2.37. The monoisotopic (exact) mass is 383 g/mol. The number of aromatic nitrogens is 5. The van der Waals surface area contributed by atoms with E-state index in [0.717, 1.165) is 16.8 Å². The molecule has 3 aromatic heterocycles. The lowest BCUT2D eigenvalue weighted by molar-refractivity contribution is -0.259. The van der Waals surface area contributed by atoms with Crippen LogP contribution in [-0.2, 0) is 26.2 Å². The van der Waals surface area contributed by atoms with Crippen molar-refractivity contribution in [1.82, 2.24) is 23.7 Å². The van der Waals surface area contributed by atoms with E-state index >= 15 is 0 Å². The average Bonchev–Trinajstić information content (AvgIpc) is 2.98. The Morgan fingerprint density at radius 3 is 2.37 bits per heavy atom. The smallest absolute Gasteiger partial charge is 0.376 e. The van der Waals surface area contributed by atoms with Crippen LogP contribution in [0.25, 0.3) is 11.2 Å². The van der Waals surface area contributed by atoms with Crippen LogP contribution in [0, 0.1) is 0 Å². The highest BCUT2D eigenvalue weighted by molar-refractivity contribution is 5.69. The van der Waals surface area contributed by atoms with Crippen LogP contribution >= 0.6 is 0 Å². The summed E-state index contributed by atoms with van der Waals surface area (Å²) in [5, 5.41) is 9.67. The third-order valence-electron chi connectivity index (χ3n) is 4.46. The SMILES string of the molecule is Cn1cnc2c1c(=O)n(Cc1ccc(C(C)(O)C(F)(F)F)cn1)c(=O)n2C. The van der Waals surface area contributed by atoms with Crippen LogP contribution < -0.4 is 11.2 Å². The molecule has 0 bridgehead atoms. The van der Waals surface area contributed by atoms with E-state index < -0.39 is 28.6 Å². The van der Waals surface area contributed by atoms with Crippen molar-refractivity contribution in [3.8, 4) is 0 Å². The van der Waals surface area contributed by atoms with E-state index in [2.05, 4.69) is 9.97 Å². The molecule has 1 N–H and O–H groups in total. The third-order valence-corrected chi connectivity index (χ3v) is 4.46. The first-order valence-corrected chi connectivity index (χ1v) is 7.80. The van der Waals surface area contributed by atoms with Gasteiger partial charge in [-0.2, -0.15) is 13.2 Å². The van der Waals surface area contributed by atoms with Crippen LogP contribution in [0.2, 0.25) is 0 Å². The van der Waals surface area contributed by atoms with E-state index in [4.69, 9.17) is 0 Å². The van der Waals surface area contributed by atoms with Gasteiger partial charge in [-0.1, -0.05) is 6.07 Å². The molecule has 0 saturated carbocycles. The fourth-order valence-electron chi connectivity index (χ4n) is 2.67. The molecule has 0 saturated heterocycles. The van der Waals surface area contributed by atoms with Crippen molar-refractivity contribution >= 4 is 11.2 Å². The Labute approximate surface area is 150 Å². The zero-order valence-corrected chi connectivity index (χ0v) is 14.7. The van der Waals surface area contributed by atoms with Crippen molar-refractivity contribution in [2.45, 2.75) is 25.2 Å². The summed E-state index contributed by atoms with van der Waals surface area (Å²) in [5.41, 5.74) is -4.07. The number of halogens is 3. The molecule has 3 aromatic rings. The van der Waals surface area contributed by atoms with Crippen molar-refractivity contribution in [3.63, 3.8) is 0 Å². The lowest BCUT2D eigenvalue weighted by Gasteiger charge is -2.26. The van der Waals surface area contributed by atoms with Gasteiger partial charge in [0.15, 0.2) is 16.8 Å². The first kappa shape index (κ1) is 18.8. The molecule has 8 nitrogen and oxygen atoms in total. The van der Waals surface area contributed by atoms with Gasteiger partial charge in [0.1, 0.15) is 0 Å². The van der Waals surface area contributed by atoms with Gasteiger partial charge in [0.05, 0.1) is 18.6 Å². The number of fused-ring (bicyclic) bond motifs is 1. The van der Waals surface area contributed by atoms with E-state index in [1.807, 2.05) is 0 Å². The minimum atomic E-state index is -4.87. The van der Waals surface area contributed by atoms with Crippen LogP contribution in [0.1, 0.15) is 18.2 Å². The van der Waals surface area contributed by atoms with Crippen molar-refractivity contribution in [3.05, 3.63) is 56.8 Å². The van der Waals surface area contributed by atoms with E-state index in [1.165, 1.54) is 28.6 Å². The lowest BCUT2D eigenvalue weighted by atomic mass is 9.97. The fourth-order valence-corrected chi connectivity index (χ4v) is 2.67. The van der Waals surface area contributed by atoms with Gasteiger partial charge in [-0.25, -0.2) is 9.78 Å². The Balaban J connectivity index is 2.03. The number of pyridine rings is 1. The topological polar surface area (TPSA) is 94.9 Å². The number of hydrogen-bond acceptors (Lipinski definition) is 5. The maximum atomic E-state index is 12.9. The molecule has 0 aromatic carbocycles. The summed E-state index contributed by atoms with van der Waals surface area (Å²) in [6.45, 7) is 0.390. The molecule has 3 heterocycles. The van der Waals surface area contributed by atoms with Crippen LogP contribution in [0.15, 0.2) is 34.2 Å². The predicted octanol–water partition coefficient (Wildman–Crippen LogP) is 0.647. The van der Waals surface area contributed by atoms with Crippen LogP contribution in [0.4, 0.5) is 13.2 Å². The zero-order chi connectivity index (χ0) is 20.1. The Bertz CT molecular complexity index is 1120. The molecule has 0 amide bonds. The average molecular weight is 383 g/mol. The number of aryl methyl sites for hydroxylation is 2. The third kappa shape index (κ3) is 2.93. The molecule has 0 spiro atoms. The summed E-state index contributed by atoms with van der Waals surface area (Å²) in [6.07, 6.45) is -2.59. The molecular formula is C16H16F3N5O3. The summed E-state index contributed by atoms with van der Waals surface area (Å²) in [6, 6.07) is 2.29. The molecule has 0 aliphatic rings. The van der Waals surface area contributed by atoms with Gasteiger partial charge in [-0.3, -0.25) is 18.9 Å². The van der Waals surface area contributed by atoms with Gasteiger partial charge in [-0.05, 0) is 13.0 Å². The Hall–Kier alpha value is -2.95. The summed E-state index contributed by atoms with van der Waals surface area (Å²) in [7, 11) is 3.07. The van der Waals surface area contributed by atoms with E-state index in [9.17, 15) is 27.9 Å². The molecule has 0 aliphatic carbocycles. The van der Waals surface area contributed by atoms with Crippen LogP contribution in [0.5, 0.6) is 0 Å². The molecule has 1 atom stereocenters. The molecular weight excluding hydrogens is 367 g/mol. The molecule has 11 heteroatoms. The van der Waals surface area contributed by atoms with Crippen molar-refractivity contribution in [2.75, 3.05) is 0 Å². The van der Waals surface area contributed by atoms with Crippen molar-refractivity contribution in [1.29, 1.82) is 0 Å². The molecule has 0 aliphatic heterocycles. The first-order valence-electron chi connectivity index (χ1n) is 7.80. The number of hydrogen-bond donors (Lipinski definition) is 1. The Morgan fingerprint density at radius 2 is 1.81 bits per heavy atom. The predicted molar refractivity (Wildman–Crippen MR) is 89.2 cm³/mol. The summed E-state index contributed by atoms with van der Waals surface area (Å²) < 4.78 is 42.3. The Morgan fingerprint density at radius 1 is 1.15 bits per heavy atom.